The van der Waals surface area contributed by atoms with Crippen molar-refractivity contribution in [3.63, 3.8) is 0 Å². The second-order valence-corrected chi connectivity index (χ2v) is 28.5. The van der Waals surface area contributed by atoms with Crippen LogP contribution in [0.2, 0.25) is 0 Å². The van der Waals surface area contributed by atoms with E-state index in [4.69, 9.17) is 37.0 Å². The van der Waals surface area contributed by atoms with E-state index in [1.807, 2.05) is 0 Å². The summed E-state index contributed by atoms with van der Waals surface area (Å²) in [6, 6.07) is 0. The van der Waals surface area contributed by atoms with Crippen molar-refractivity contribution in [1.82, 2.24) is 0 Å². The normalized spacial score (nSPS) is 14.4. The third-order valence-corrected chi connectivity index (χ3v) is 18.1. The van der Waals surface area contributed by atoms with E-state index < -0.39 is 97.5 Å². The smallest absolute Gasteiger partial charge is 0.462 e. The molecule has 0 aromatic rings. The Kier molecular flexibility index (Phi) is 67.4. The quantitative estimate of drug-likeness (QED) is 0.0169. The molecule has 0 saturated carbocycles. The summed E-state index contributed by atoms with van der Waals surface area (Å²) in [5.41, 5.74) is 0. The summed E-state index contributed by atoms with van der Waals surface area (Å²) in [5, 5.41) is 10.6. The predicted octanol–water partition coefficient (Wildman–Crippen LogP) is 21.7. The standard InChI is InChI=1S/C77H138O17P2/c1-5-9-13-17-21-25-29-32-34-35-37-40-43-46-50-54-58-62-75(80)87-67-72(93-76(81)63-59-55-51-47-41-28-24-20-16-12-8-4)69-91-95(83,84)89-65-71(78)66-90-96(85,86)92-70-73(94-77(82)64-60-56-52-48-44-38-31-27-23-19-15-11-7-3)68-88-74(79)61-57-53-49-45-42-39-36-33-30-26-22-18-14-10-6-2/h9-10,13-14,21-22,25-26,32-34,36,71-73,78H,5-8,11-12,15-20,23-24,27-31,35,37-70H2,1-4H3,(H,83,84)(H,85,86)/b13-9-,14-10-,25-21-,26-22-,34-32-,36-33-. The van der Waals surface area contributed by atoms with Gasteiger partial charge in [-0.25, -0.2) is 9.13 Å². The molecule has 5 unspecified atom stereocenters. The van der Waals surface area contributed by atoms with Gasteiger partial charge in [-0.2, -0.15) is 0 Å². The fraction of sp³-hybridized carbons (Fsp3) is 0.792. The highest BCUT2D eigenvalue weighted by Crippen LogP contribution is 2.45. The maximum absolute atomic E-state index is 13.1. The van der Waals surface area contributed by atoms with Crippen molar-refractivity contribution >= 4 is 39.5 Å². The molecule has 0 aromatic heterocycles. The van der Waals surface area contributed by atoms with Crippen LogP contribution in [0.1, 0.15) is 336 Å². The fourth-order valence-corrected chi connectivity index (χ4v) is 12.0. The number of ether oxygens (including phenoxy) is 4. The van der Waals surface area contributed by atoms with E-state index in [1.165, 1.54) is 89.9 Å². The van der Waals surface area contributed by atoms with Gasteiger partial charge >= 0.3 is 39.5 Å². The van der Waals surface area contributed by atoms with Crippen LogP contribution in [0, 0.1) is 0 Å². The van der Waals surface area contributed by atoms with E-state index in [9.17, 15) is 43.2 Å². The van der Waals surface area contributed by atoms with Crippen molar-refractivity contribution in [2.24, 2.45) is 0 Å². The zero-order valence-electron chi connectivity index (χ0n) is 60.8. The minimum Gasteiger partial charge on any atom is -0.462 e. The Balaban J connectivity index is 5.29. The Bertz CT molecular complexity index is 2110. The molecule has 0 bridgehead atoms. The highest BCUT2D eigenvalue weighted by Gasteiger charge is 2.30. The molecule has 0 fully saturated rings. The van der Waals surface area contributed by atoms with Crippen LogP contribution >= 0.6 is 15.6 Å². The highest BCUT2D eigenvalue weighted by molar-refractivity contribution is 7.47. The number of aliphatic hydroxyl groups excluding tert-OH is 1. The van der Waals surface area contributed by atoms with E-state index in [2.05, 4.69) is 101 Å². The molecular formula is C77H138O17P2. The Morgan fingerprint density at radius 1 is 0.302 bits per heavy atom. The van der Waals surface area contributed by atoms with Crippen molar-refractivity contribution in [3.05, 3.63) is 72.9 Å². The van der Waals surface area contributed by atoms with Crippen LogP contribution in [0.15, 0.2) is 72.9 Å². The van der Waals surface area contributed by atoms with E-state index in [0.717, 1.165) is 167 Å². The molecule has 17 nitrogen and oxygen atoms in total. The molecule has 0 saturated heterocycles. The minimum absolute atomic E-state index is 0.0966. The molecule has 19 heteroatoms. The molecule has 0 aliphatic heterocycles. The number of unbranched alkanes of at least 4 members (excludes halogenated alkanes) is 34. The first-order chi connectivity index (χ1) is 46.7. The lowest BCUT2D eigenvalue weighted by Crippen LogP contribution is -2.30. The summed E-state index contributed by atoms with van der Waals surface area (Å²) in [7, 11) is -9.94. The number of carbonyl (C=O) groups excluding carboxylic acids is 4. The lowest BCUT2D eigenvalue weighted by Gasteiger charge is -2.21. The molecule has 0 radical (unpaired) electrons. The van der Waals surface area contributed by atoms with Gasteiger partial charge < -0.3 is 33.8 Å². The SMILES string of the molecule is CC/C=C\C/C=C\C/C=C\CCCCCCCCCC(=O)OCC(COP(=O)(O)OCC(O)COP(=O)(O)OCC(COC(=O)CCCCCCC/C=C\C/C=C\C/C=C\CC)OC(=O)CCCCCCCCCCCCCCC)OC(=O)CCCCCCCCCCCCC. The van der Waals surface area contributed by atoms with Gasteiger partial charge in [-0.3, -0.25) is 37.3 Å². The first-order valence-corrected chi connectivity index (χ1v) is 41.2. The van der Waals surface area contributed by atoms with Crippen LogP contribution in [0.4, 0.5) is 0 Å². The van der Waals surface area contributed by atoms with Crippen molar-refractivity contribution in [3.8, 4) is 0 Å². The van der Waals surface area contributed by atoms with Crippen molar-refractivity contribution in [2.75, 3.05) is 39.6 Å². The van der Waals surface area contributed by atoms with Gasteiger partial charge in [0.25, 0.3) is 0 Å². The molecule has 0 aliphatic carbocycles. The maximum atomic E-state index is 13.1. The van der Waals surface area contributed by atoms with Gasteiger partial charge in [0.15, 0.2) is 12.2 Å². The van der Waals surface area contributed by atoms with Crippen LogP contribution < -0.4 is 0 Å². The average Bonchev–Trinajstić information content (AvgIpc) is 1.13. The summed E-state index contributed by atoms with van der Waals surface area (Å²) in [5.74, 6) is -2.18. The Hall–Kier alpha value is -3.50. The van der Waals surface area contributed by atoms with Gasteiger partial charge in [0, 0.05) is 25.7 Å². The summed E-state index contributed by atoms with van der Waals surface area (Å²) in [4.78, 5) is 72.8. The second kappa shape index (κ2) is 70.0. The van der Waals surface area contributed by atoms with Crippen LogP contribution in [-0.2, 0) is 65.4 Å². The number of phosphoric acid groups is 2. The van der Waals surface area contributed by atoms with Gasteiger partial charge in [0.1, 0.15) is 19.3 Å². The van der Waals surface area contributed by atoms with Gasteiger partial charge in [-0.1, -0.05) is 293 Å². The summed E-state index contributed by atoms with van der Waals surface area (Å²) in [6.07, 6.45) is 68.9. The number of esters is 4. The van der Waals surface area contributed by atoms with Crippen molar-refractivity contribution in [2.45, 2.75) is 354 Å². The van der Waals surface area contributed by atoms with Crippen molar-refractivity contribution in [1.29, 1.82) is 0 Å². The van der Waals surface area contributed by atoms with Crippen molar-refractivity contribution < 1.29 is 80.2 Å². The number of carbonyl (C=O) groups is 4. The molecule has 558 valence electrons. The number of allylic oxidation sites excluding steroid dienone is 12. The Labute approximate surface area is 583 Å². The maximum Gasteiger partial charge on any atom is 0.472 e. The highest BCUT2D eigenvalue weighted by atomic mass is 31.2. The molecule has 5 atom stereocenters. The van der Waals surface area contributed by atoms with Gasteiger partial charge in [0.2, 0.25) is 0 Å². The topological polar surface area (TPSA) is 237 Å². The molecular weight excluding hydrogens is 1260 g/mol. The molecule has 0 heterocycles. The summed E-state index contributed by atoms with van der Waals surface area (Å²) in [6.45, 7) is 4.66. The van der Waals surface area contributed by atoms with Gasteiger partial charge in [0.05, 0.1) is 26.4 Å². The van der Waals surface area contributed by atoms with E-state index in [1.54, 1.807) is 0 Å². The number of phosphoric ester groups is 2. The summed E-state index contributed by atoms with van der Waals surface area (Å²) >= 11 is 0. The molecule has 3 N–H and O–H groups in total. The first-order valence-electron chi connectivity index (χ1n) is 38.2. The lowest BCUT2D eigenvalue weighted by atomic mass is 10.0. The largest absolute Gasteiger partial charge is 0.472 e. The molecule has 0 amide bonds. The number of rotatable bonds is 72. The Morgan fingerprint density at radius 2 is 0.542 bits per heavy atom. The molecule has 0 spiro atoms. The van der Waals surface area contributed by atoms with Crippen LogP contribution in [-0.4, -0.2) is 96.7 Å². The third kappa shape index (κ3) is 69.0. The monoisotopic (exact) mass is 1400 g/mol. The zero-order valence-corrected chi connectivity index (χ0v) is 62.6. The second-order valence-electron chi connectivity index (χ2n) is 25.5. The van der Waals surface area contributed by atoms with Crippen LogP contribution in [0.3, 0.4) is 0 Å². The van der Waals surface area contributed by atoms with Gasteiger partial charge in [-0.05, 0) is 89.9 Å². The lowest BCUT2D eigenvalue weighted by molar-refractivity contribution is -0.161. The van der Waals surface area contributed by atoms with Crippen LogP contribution in [0.25, 0.3) is 0 Å². The van der Waals surface area contributed by atoms with E-state index >= 15 is 0 Å². The Morgan fingerprint density at radius 3 is 0.833 bits per heavy atom. The molecule has 0 rings (SSSR count). The average molecular weight is 1400 g/mol. The molecule has 96 heavy (non-hydrogen) atoms. The predicted molar refractivity (Wildman–Crippen MR) is 390 cm³/mol. The summed E-state index contributed by atoms with van der Waals surface area (Å²) < 4.78 is 68.4. The zero-order chi connectivity index (χ0) is 70.4. The van der Waals surface area contributed by atoms with Crippen LogP contribution in [0.5, 0.6) is 0 Å². The number of hydrogen-bond donors (Lipinski definition) is 3. The third-order valence-electron chi connectivity index (χ3n) is 16.2. The number of hydrogen-bond acceptors (Lipinski definition) is 15. The fourth-order valence-electron chi connectivity index (χ4n) is 10.4. The molecule has 0 aliphatic rings. The molecule has 0 aromatic carbocycles. The first kappa shape index (κ1) is 92.5. The minimum atomic E-state index is -4.97. The number of aliphatic hydroxyl groups is 1. The van der Waals surface area contributed by atoms with E-state index in [-0.39, 0.29) is 25.7 Å². The van der Waals surface area contributed by atoms with Gasteiger partial charge in [-0.15, -0.1) is 0 Å². The van der Waals surface area contributed by atoms with E-state index in [0.29, 0.717) is 25.7 Å².